The Bertz CT molecular complexity index is 524. The van der Waals surface area contributed by atoms with E-state index < -0.39 is 0 Å². The summed E-state index contributed by atoms with van der Waals surface area (Å²) in [6.45, 7) is 4.31. The van der Waals surface area contributed by atoms with Crippen LogP contribution in [-0.2, 0) is 6.54 Å². The van der Waals surface area contributed by atoms with Crippen LogP contribution in [0.15, 0.2) is 60.7 Å². The van der Waals surface area contributed by atoms with Crippen molar-refractivity contribution in [2.45, 2.75) is 25.4 Å². The molecule has 1 aliphatic rings. The maximum Gasteiger partial charge on any atom is 1.00 e. The number of rotatable bonds is 6. The second kappa shape index (κ2) is 9.18. The number of hydrogen-bond donors (Lipinski definition) is 0. The van der Waals surface area contributed by atoms with E-state index in [0.29, 0.717) is 0 Å². The van der Waals surface area contributed by atoms with Crippen LogP contribution in [-0.4, -0.2) is 24.5 Å². The molecule has 0 amide bonds. The van der Waals surface area contributed by atoms with E-state index in [-0.39, 0.29) is 24.9 Å². The van der Waals surface area contributed by atoms with Crippen molar-refractivity contribution in [3.05, 3.63) is 77.1 Å². The number of nitrogens with zero attached hydrogens (tertiary/aromatic N) is 2. The van der Waals surface area contributed by atoms with E-state index in [0.717, 1.165) is 13.1 Å². The molecule has 1 heterocycles. The molecule has 2 nitrogen and oxygen atoms in total. The van der Waals surface area contributed by atoms with Crippen molar-refractivity contribution in [3.63, 3.8) is 0 Å². The molecular weight excluding hydrogens is 263 g/mol. The maximum atomic E-state index is 4.99. The van der Waals surface area contributed by atoms with E-state index in [4.69, 9.17) is 5.32 Å². The smallest absolute Gasteiger partial charge is 0.651 e. The first-order valence-corrected chi connectivity index (χ1v) is 7.89. The summed E-state index contributed by atoms with van der Waals surface area (Å²) < 4.78 is 0. The van der Waals surface area contributed by atoms with E-state index >= 15 is 0 Å². The van der Waals surface area contributed by atoms with Crippen LogP contribution in [0.2, 0.25) is 0 Å². The van der Waals surface area contributed by atoms with Crippen LogP contribution >= 0.6 is 0 Å². The Labute approximate surface area is 146 Å². The Morgan fingerprint density at radius 3 is 2.09 bits per heavy atom. The van der Waals surface area contributed by atoms with Gasteiger partial charge in [0.1, 0.15) is 0 Å². The first-order chi connectivity index (χ1) is 10.4. The average molecular weight is 286 g/mol. The fraction of sp³-hybridized carbons (Fsp3) is 0.368. The van der Waals surface area contributed by atoms with Gasteiger partial charge in [0.05, 0.1) is 0 Å². The molecular formula is C19H23LiN2. The summed E-state index contributed by atoms with van der Waals surface area (Å²) >= 11 is 0. The average Bonchev–Trinajstić information content (AvgIpc) is 3.06. The normalized spacial score (nSPS) is 16.2. The van der Waals surface area contributed by atoms with E-state index in [9.17, 15) is 0 Å². The molecule has 2 aromatic rings. The summed E-state index contributed by atoms with van der Waals surface area (Å²) in [4.78, 5) is 2.55. The molecule has 0 saturated carbocycles. The van der Waals surface area contributed by atoms with Crippen molar-refractivity contribution in [1.29, 1.82) is 0 Å². The minimum atomic E-state index is 0. The molecule has 0 unspecified atom stereocenters. The largest absolute Gasteiger partial charge is 1.00 e. The summed E-state index contributed by atoms with van der Waals surface area (Å²) in [5.74, 6) is 0. The molecule has 1 atom stereocenters. The monoisotopic (exact) mass is 286 g/mol. The summed E-state index contributed by atoms with van der Waals surface area (Å²) in [6, 6.07) is 21.5. The second-order valence-corrected chi connectivity index (χ2v) is 5.76. The number of likely N-dealkylation sites (tertiary alicyclic amines) is 1. The van der Waals surface area contributed by atoms with Gasteiger partial charge in [0, 0.05) is 0 Å². The Balaban J connectivity index is 0.00000176. The molecule has 22 heavy (non-hydrogen) atoms. The molecule has 0 N–H and O–H groups in total. The van der Waals surface area contributed by atoms with Crippen LogP contribution in [0.4, 0.5) is 0 Å². The van der Waals surface area contributed by atoms with Crippen molar-refractivity contribution in [2.75, 3.05) is 19.6 Å². The predicted octanol–water partition coefficient (Wildman–Crippen LogP) is 1.40. The van der Waals surface area contributed by atoms with Gasteiger partial charge >= 0.3 is 18.9 Å². The van der Waals surface area contributed by atoms with Crippen LogP contribution in [0.3, 0.4) is 0 Å². The summed E-state index contributed by atoms with van der Waals surface area (Å²) in [6.07, 6.45) is 2.67. The molecule has 0 bridgehead atoms. The maximum absolute atomic E-state index is 4.99. The van der Waals surface area contributed by atoms with Crippen LogP contribution in [0.1, 0.15) is 30.0 Å². The van der Waals surface area contributed by atoms with Crippen molar-refractivity contribution in [1.82, 2.24) is 4.90 Å². The summed E-state index contributed by atoms with van der Waals surface area (Å²) in [5, 5.41) is 4.99. The molecule has 3 heteroatoms. The molecule has 0 aromatic heterocycles. The number of hydrogen-bond acceptors (Lipinski definition) is 1. The molecule has 0 radical (unpaired) electrons. The van der Waals surface area contributed by atoms with E-state index in [1.54, 1.807) is 0 Å². The minimum Gasteiger partial charge on any atom is -0.651 e. The van der Waals surface area contributed by atoms with Gasteiger partial charge in [-0.3, -0.25) is 0 Å². The number of benzene rings is 2. The molecule has 110 valence electrons. The fourth-order valence-corrected chi connectivity index (χ4v) is 2.95. The van der Waals surface area contributed by atoms with Gasteiger partial charge in [-0.25, -0.2) is 0 Å². The Morgan fingerprint density at radius 2 is 1.45 bits per heavy atom. The fourth-order valence-electron chi connectivity index (χ4n) is 2.95. The van der Waals surface area contributed by atoms with Gasteiger partial charge in [-0.05, 0) is 32.5 Å². The van der Waals surface area contributed by atoms with Crippen LogP contribution in [0.5, 0.6) is 0 Å². The van der Waals surface area contributed by atoms with Gasteiger partial charge in [0.2, 0.25) is 0 Å². The molecule has 1 saturated heterocycles. The van der Waals surface area contributed by atoms with Crippen LogP contribution in [0, 0.1) is 0 Å². The SMILES string of the molecule is [Li+].c1ccc(C[N-][C@@H](CN2CCCC2)c2ccccc2)cc1. The van der Waals surface area contributed by atoms with E-state index in [1.807, 2.05) is 0 Å². The molecule has 3 rings (SSSR count). The summed E-state index contributed by atoms with van der Waals surface area (Å²) in [7, 11) is 0. The Hall–Kier alpha value is -1.04. The van der Waals surface area contributed by atoms with Crippen molar-refractivity contribution in [3.8, 4) is 0 Å². The third kappa shape index (κ3) is 5.00. The molecule has 0 spiro atoms. The zero-order chi connectivity index (χ0) is 14.3. The van der Waals surface area contributed by atoms with Gasteiger partial charge in [-0.2, -0.15) is 0 Å². The molecule has 1 fully saturated rings. The zero-order valence-electron chi connectivity index (χ0n) is 13.5. The third-order valence-electron chi connectivity index (χ3n) is 4.15. The Morgan fingerprint density at radius 1 is 0.864 bits per heavy atom. The first kappa shape index (κ1) is 17.3. The topological polar surface area (TPSA) is 17.3 Å². The predicted molar refractivity (Wildman–Crippen MR) is 88.4 cm³/mol. The first-order valence-electron chi connectivity index (χ1n) is 7.89. The van der Waals surface area contributed by atoms with Crippen LogP contribution in [0.25, 0.3) is 5.32 Å². The minimum absolute atomic E-state index is 0. The van der Waals surface area contributed by atoms with Gasteiger partial charge in [-0.1, -0.05) is 77.8 Å². The molecule has 1 aliphatic heterocycles. The van der Waals surface area contributed by atoms with Gasteiger partial charge in [0.25, 0.3) is 0 Å². The quantitative estimate of drug-likeness (QED) is 0.734. The van der Waals surface area contributed by atoms with Crippen molar-refractivity contribution >= 4 is 0 Å². The van der Waals surface area contributed by atoms with E-state index in [2.05, 4.69) is 65.6 Å². The van der Waals surface area contributed by atoms with E-state index in [1.165, 1.54) is 37.1 Å². The van der Waals surface area contributed by atoms with Crippen LogP contribution < -0.4 is 18.9 Å². The van der Waals surface area contributed by atoms with Gasteiger partial charge < -0.3 is 10.2 Å². The standard InChI is InChI=1S/C19H23N2.Li/c1-3-9-17(10-4-1)15-20-19(16-21-13-7-8-14-21)18-11-5-2-6-12-18;/h1-6,9-12,19H,7-8,13-16H2;/q-1;+1/t19-;/m0./s1. The molecule has 2 aromatic carbocycles. The molecule has 0 aliphatic carbocycles. The van der Waals surface area contributed by atoms with Gasteiger partial charge in [0.15, 0.2) is 0 Å². The summed E-state index contributed by atoms with van der Waals surface area (Å²) in [5.41, 5.74) is 2.63. The Kier molecular flexibility index (Phi) is 7.22. The van der Waals surface area contributed by atoms with Crippen molar-refractivity contribution < 1.29 is 18.9 Å². The second-order valence-electron chi connectivity index (χ2n) is 5.76. The zero-order valence-corrected chi connectivity index (χ0v) is 13.5. The third-order valence-corrected chi connectivity index (χ3v) is 4.15. The van der Waals surface area contributed by atoms with Crippen molar-refractivity contribution in [2.24, 2.45) is 0 Å². The van der Waals surface area contributed by atoms with Gasteiger partial charge in [-0.15, -0.1) is 6.54 Å².